The van der Waals surface area contributed by atoms with Gasteiger partial charge in [0.05, 0.1) is 0 Å². The summed E-state index contributed by atoms with van der Waals surface area (Å²) in [5.74, 6) is 0.527. The minimum Gasteiger partial charge on any atom is -0.452 e. The van der Waals surface area contributed by atoms with Crippen LogP contribution in [-0.4, -0.2) is 9.97 Å². The lowest BCUT2D eigenvalue weighted by Crippen LogP contribution is -2.01. The van der Waals surface area contributed by atoms with Gasteiger partial charge in [-0.1, -0.05) is 103 Å². The number of aryl methyl sites for hydroxylation is 1. The first-order chi connectivity index (χ1) is 21.7. The molecule has 0 unspecified atom stereocenters. The van der Waals surface area contributed by atoms with Gasteiger partial charge >= 0.3 is 0 Å². The highest BCUT2D eigenvalue weighted by Gasteiger charge is 2.21. The third-order valence-corrected chi connectivity index (χ3v) is 9.70. The lowest BCUT2D eigenvalue weighted by molar-refractivity contribution is 0.667. The van der Waals surface area contributed by atoms with Crippen LogP contribution in [0.15, 0.2) is 132 Å². The fraction of sp³-hybridized carbons (Fsp3) is 0.0256. The van der Waals surface area contributed by atoms with E-state index in [2.05, 4.69) is 103 Å². The maximum absolute atomic E-state index is 6.32. The van der Waals surface area contributed by atoms with Crippen LogP contribution in [0.1, 0.15) is 5.56 Å². The second kappa shape index (κ2) is 9.76. The Morgan fingerprint density at radius 3 is 2.18 bits per heavy atom. The molecule has 0 amide bonds. The topological polar surface area (TPSA) is 51.0 Å². The van der Waals surface area contributed by atoms with Crippen LogP contribution >= 0.6 is 11.3 Å². The Bertz CT molecular complexity index is 2550. The molecular formula is C39H25N3OS. The zero-order chi connectivity index (χ0) is 29.2. The van der Waals surface area contributed by atoms with Crippen LogP contribution in [0.3, 0.4) is 0 Å². The fourth-order valence-electron chi connectivity index (χ4n) is 6.55. The van der Waals surface area contributed by atoms with E-state index >= 15 is 0 Å². The van der Waals surface area contributed by atoms with Crippen molar-refractivity contribution in [3.63, 3.8) is 0 Å². The Morgan fingerprint density at radius 2 is 1.32 bits per heavy atom. The number of benzene rings is 6. The van der Waals surface area contributed by atoms with E-state index in [9.17, 15) is 0 Å². The molecule has 3 aromatic heterocycles. The van der Waals surface area contributed by atoms with Crippen LogP contribution < -0.4 is 5.32 Å². The number of fused-ring (bicyclic) bond motifs is 8. The van der Waals surface area contributed by atoms with Gasteiger partial charge in [-0.25, -0.2) is 9.97 Å². The molecule has 6 aromatic carbocycles. The van der Waals surface area contributed by atoms with Crippen molar-refractivity contribution in [3.05, 3.63) is 133 Å². The van der Waals surface area contributed by atoms with Gasteiger partial charge < -0.3 is 9.73 Å². The molecule has 0 saturated carbocycles. The van der Waals surface area contributed by atoms with Crippen molar-refractivity contribution in [1.82, 2.24) is 9.97 Å². The van der Waals surface area contributed by atoms with Crippen LogP contribution in [0.4, 0.5) is 11.6 Å². The van der Waals surface area contributed by atoms with Crippen LogP contribution in [0.2, 0.25) is 0 Å². The highest BCUT2D eigenvalue weighted by atomic mass is 32.1. The van der Waals surface area contributed by atoms with Crippen LogP contribution in [0, 0.1) is 6.92 Å². The lowest BCUT2D eigenvalue weighted by Gasteiger charge is -2.17. The molecule has 0 saturated heterocycles. The average Bonchev–Trinajstić information content (AvgIpc) is 3.65. The normalized spacial score (nSPS) is 11.8. The third-order valence-electron chi connectivity index (χ3n) is 8.50. The second-order valence-electron chi connectivity index (χ2n) is 11.1. The van der Waals surface area contributed by atoms with Gasteiger partial charge in [0, 0.05) is 47.8 Å². The molecular weight excluding hydrogens is 559 g/mol. The minimum atomic E-state index is 0.527. The van der Waals surface area contributed by atoms with Gasteiger partial charge in [0.1, 0.15) is 16.8 Å². The number of anilines is 2. The molecule has 5 heteroatoms. The predicted octanol–water partition coefficient (Wildman–Crippen LogP) is 11.3. The van der Waals surface area contributed by atoms with E-state index in [1.165, 1.54) is 42.1 Å². The summed E-state index contributed by atoms with van der Waals surface area (Å²) in [6.45, 7) is 2.26. The molecule has 9 rings (SSSR count). The molecule has 0 atom stereocenters. The quantitative estimate of drug-likeness (QED) is 0.224. The molecule has 0 spiro atoms. The number of aromatic nitrogens is 2. The van der Waals surface area contributed by atoms with Crippen molar-refractivity contribution >= 4 is 76.0 Å². The van der Waals surface area contributed by atoms with Gasteiger partial charge in [0.25, 0.3) is 0 Å². The highest BCUT2D eigenvalue weighted by molar-refractivity contribution is 7.26. The Morgan fingerprint density at radius 1 is 0.636 bits per heavy atom. The zero-order valence-corrected chi connectivity index (χ0v) is 24.7. The zero-order valence-electron chi connectivity index (χ0n) is 23.8. The maximum Gasteiger partial charge on any atom is 0.228 e. The molecule has 208 valence electrons. The number of thiophene rings is 1. The molecule has 0 radical (unpaired) electrons. The standard InChI is InChI=1S/C39H25N3OS/c1-23-33(25-15-5-6-16-26(25)38-34(23)29-19-9-12-22-32(29)44-38)27-17-7-10-20-30(27)40-39-41-35(24-13-3-2-4-14-24)37-36(42-39)28-18-8-11-21-31(28)43-37/h2-22H,1H3,(H,40,41,42). The van der Waals surface area contributed by atoms with E-state index in [0.29, 0.717) is 11.5 Å². The van der Waals surface area contributed by atoms with Crippen molar-refractivity contribution in [1.29, 1.82) is 0 Å². The Kier molecular flexibility index (Phi) is 5.55. The summed E-state index contributed by atoms with van der Waals surface area (Å²) in [7, 11) is 0. The summed E-state index contributed by atoms with van der Waals surface area (Å²) in [5.41, 5.74) is 8.57. The van der Waals surface area contributed by atoms with Crippen molar-refractivity contribution in [2.24, 2.45) is 0 Å². The summed E-state index contributed by atoms with van der Waals surface area (Å²) < 4.78 is 8.96. The van der Waals surface area contributed by atoms with Gasteiger partial charge in [0.2, 0.25) is 5.95 Å². The summed E-state index contributed by atoms with van der Waals surface area (Å²) in [6.07, 6.45) is 0. The number of hydrogen-bond donors (Lipinski definition) is 1. The van der Waals surface area contributed by atoms with Gasteiger partial charge in [-0.15, -0.1) is 11.3 Å². The molecule has 0 bridgehead atoms. The van der Waals surface area contributed by atoms with E-state index in [4.69, 9.17) is 14.4 Å². The highest BCUT2D eigenvalue weighted by Crippen LogP contribution is 2.47. The van der Waals surface area contributed by atoms with E-state index in [-0.39, 0.29) is 0 Å². The van der Waals surface area contributed by atoms with E-state index in [1.54, 1.807) is 0 Å². The van der Waals surface area contributed by atoms with Crippen LogP contribution in [0.25, 0.3) is 75.4 Å². The summed E-state index contributed by atoms with van der Waals surface area (Å²) in [6, 6.07) is 44.2. The largest absolute Gasteiger partial charge is 0.452 e. The Balaban J connectivity index is 1.29. The van der Waals surface area contributed by atoms with Crippen molar-refractivity contribution < 1.29 is 4.42 Å². The molecule has 0 fully saturated rings. The van der Waals surface area contributed by atoms with Crippen molar-refractivity contribution in [2.45, 2.75) is 6.92 Å². The van der Waals surface area contributed by atoms with Crippen molar-refractivity contribution in [3.8, 4) is 22.4 Å². The molecule has 3 heterocycles. The monoisotopic (exact) mass is 583 g/mol. The first kappa shape index (κ1) is 25.0. The van der Waals surface area contributed by atoms with Gasteiger partial charge in [-0.05, 0) is 47.7 Å². The maximum atomic E-state index is 6.32. The van der Waals surface area contributed by atoms with E-state index in [1.807, 2.05) is 47.7 Å². The number of nitrogens with zero attached hydrogens (tertiary/aromatic N) is 2. The minimum absolute atomic E-state index is 0.527. The fourth-order valence-corrected chi connectivity index (χ4v) is 7.85. The summed E-state index contributed by atoms with van der Waals surface area (Å²) in [4.78, 5) is 10.1. The first-order valence-corrected chi connectivity index (χ1v) is 15.5. The van der Waals surface area contributed by atoms with E-state index in [0.717, 1.165) is 39.0 Å². The van der Waals surface area contributed by atoms with Gasteiger partial charge in [0.15, 0.2) is 5.58 Å². The molecule has 9 aromatic rings. The molecule has 0 aliphatic heterocycles. The number of furan rings is 1. The van der Waals surface area contributed by atoms with Gasteiger partial charge in [-0.3, -0.25) is 0 Å². The second-order valence-corrected chi connectivity index (χ2v) is 12.1. The van der Waals surface area contributed by atoms with Crippen LogP contribution in [-0.2, 0) is 0 Å². The first-order valence-electron chi connectivity index (χ1n) is 14.7. The van der Waals surface area contributed by atoms with Crippen LogP contribution in [0.5, 0.6) is 0 Å². The molecule has 4 nitrogen and oxygen atoms in total. The molecule has 1 N–H and O–H groups in total. The summed E-state index contributed by atoms with van der Waals surface area (Å²) >= 11 is 1.87. The molecule has 0 aliphatic rings. The average molecular weight is 584 g/mol. The van der Waals surface area contributed by atoms with Crippen molar-refractivity contribution in [2.75, 3.05) is 5.32 Å². The van der Waals surface area contributed by atoms with E-state index < -0.39 is 0 Å². The molecule has 0 aliphatic carbocycles. The lowest BCUT2D eigenvalue weighted by atomic mass is 9.90. The number of nitrogens with one attached hydrogen (secondary N) is 1. The number of hydrogen-bond acceptors (Lipinski definition) is 5. The summed E-state index contributed by atoms with van der Waals surface area (Å²) in [5, 5.41) is 9.74. The van der Waals surface area contributed by atoms with Gasteiger partial charge in [-0.2, -0.15) is 0 Å². The number of para-hydroxylation sites is 2. The molecule has 44 heavy (non-hydrogen) atoms. The smallest absolute Gasteiger partial charge is 0.228 e. The Hall–Kier alpha value is -5.52. The SMILES string of the molecule is Cc1c(-c2ccccc2Nc2nc(-c3ccccc3)c3oc4ccccc4c3n2)c2ccccc2c2sc3ccccc3c12. The third kappa shape index (κ3) is 3.76. The predicted molar refractivity (Wildman–Crippen MR) is 185 cm³/mol. The number of rotatable bonds is 4. The Labute approximate surface area is 257 Å².